The summed E-state index contributed by atoms with van der Waals surface area (Å²) in [7, 11) is 0. The van der Waals surface area contributed by atoms with Gasteiger partial charge in [-0.25, -0.2) is 4.39 Å². The van der Waals surface area contributed by atoms with E-state index >= 15 is 0 Å². The number of nitrogens with two attached hydrogens (primary N) is 1. The molecule has 1 aliphatic heterocycles. The number of halogens is 1. The summed E-state index contributed by atoms with van der Waals surface area (Å²) in [6, 6.07) is 5.32. The fourth-order valence-corrected chi connectivity index (χ4v) is 3.05. The monoisotopic (exact) mass is 280 g/mol. The zero-order valence-corrected chi connectivity index (χ0v) is 12.4. The molecule has 0 spiro atoms. The molecule has 20 heavy (non-hydrogen) atoms. The molecule has 0 saturated carbocycles. The predicted molar refractivity (Wildman–Crippen MR) is 79.5 cm³/mol. The summed E-state index contributed by atoms with van der Waals surface area (Å²) in [6.45, 7) is 6.82. The molecule has 0 fully saturated rings. The molecule has 0 radical (unpaired) electrons. The third kappa shape index (κ3) is 3.49. The first-order chi connectivity index (χ1) is 9.67. The van der Waals surface area contributed by atoms with Gasteiger partial charge in [0.25, 0.3) is 0 Å². The molecule has 0 saturated heterocycles. The van der Waals surface area contributed by atoms with E-state index in [1.165, 1.54) is 6.07 Å². The highest BCUT2D eigenvalue weighted by Crippen LogP contribution is 2.30. The van der Waals surface area contributed by atoms with Crippen molar-refractivity contribution < 1.29 is 9.13 Å². The third-order valence-electron chi connectivity index (χ3n) is 4.08. The lowest BCUT2D eigenvalue weighted by molar-refractivity contribution is 0.114. The number of rotatable bonds is 7. The Labute approximate surface area is 120 Å². The minimum Gasteiger partial charge on any atom is -0.488 e. The van der Waals surface area contributed by atoms with Gasteiger partial charge in [0.15, 0.2) is 0 Å². The lowest BCUT2D eigenvalue weighted by atomic mass is 10.1. The number of hydrogen-bond donors (Lipinski definition) is 1. The first-order valence-corrected chi connectivity index (χ1v) is 7.57. The molecule has 3 nitrogen and oxygen atoms in total. The highest BCUT2D eigenvalue weighted by Gasteiger charge is 2.27. The van der Waals surface area contributed by atoms with Crippen molar-refractivity contribution in [2.24, 2.45) is 5.73 Å². The van der Waals surface area contributed by atoms with Crippen LogP contribution in [0.15, 0.2) is 18.2 Å². The van der Waals surface area contributed by atoms with E-state index in [9.17, 15) is 4.39 Å². The largest absolute Gasteiger partial charge is 0.488 e. The van der Waals surface area contributed by atoms with Gasteiger partial charge >= 0.3 is 0 Å². The minimum absolute atomic E-state index is 0.110. The quantitative estimate of drug-likeness (QED) is 0.834. The first-order valence-electron chi connectivity index (χ1n) is 7.57. The summed E-state index contributed by atoms with van der Waals surface area (Å²) in [5, 5.41) is 0. The third-order valence-corrected chi connectivity index (χ3v) is 4.08. The Morgan fingerprint density at radius 2 is 2.15 bits per heavy atom. The molecule has 1 atom stereocenters. The normalized spacial score (nSPS) is 17.6. The summed E-state index contributed by atoms with van der Waals surface area (Å²) in [4.78, 5) is 2.41. The van der Waals surface area contributed by atoms with Crippen molar-refractivity contribution in [2.75, 3.05) is 19.6 Å². The summed E-state index contributed by atoms with van der Waals surface area (Å²) in [6.07, 6.45) is 3.13. The van der Waals surface area contributed by atoms with Gasteiger partial charge in [-0.2, -0.15) is 0 Å². The molecule has 2 N–H and O–H groups in total. The maximum atomic E-state index is 13.2. The molecule has 0 bridgehead atoms. The predicted octanol–water partition coefficient (Wildman–Crippen LogP) is 2.58. The van der Waals surface area contributed by atoms with Crippen molar-refractivity contribution in [3.05, 3.63) is 29.6 Å². The standard InChI is InChI=1S/C16H25FN2O/c1-3-14(4-2)19(8-7-18)11-15-10-12-9-13(17)5-6-16(12)20-15/h5-6,9,14-15H,3-4,7-8,10-11,18H2,1-2H3. The number of fused-ring (bicyclic) bond motifs is 1. The van der Waals surface area contributed by atoms with Gasteiger partial charge in [-0.05, 0) is 31.0 Å². The van der Waals surface area contributed by atoms with Crippen LogP contribution in [-0.2, 0) is 6.42 Å². The second-order valence-corrected chi connectivity index (χ2v) is 5.45. The zero-order valence-electron chi connectivity index (χ0n) is 12.4. The Kier molecular flexibility index (Phi) is 5.38. The number of nitrogens with zero attached hydrogens (tertiary/aromatic N) is 1. The number of benzene rings is 1. The maximum absolute atomic E-state index is 13.2. The first kappa shape index (κ1) is 15.3. The van der Waals surface area contributed by atoms with Crippen LogP contribution in [0, 0.1) is 5.82 Å². The zero-order chi connectivity index (χ0) is 14.5. The van der Waals surface area contributed by atoms with Crippen LogP contribution in [0.1, 0.15) is 32.3 Å². The van der Waals surface area contributed by atoms with Crippen molar-refractivity contribution in [3.8, 4) is 5.75 Å². The molecular formula is C16H25FN2O. The van der Waals surface area contributed by atoms with E-state index in [1.54, 1.807) is 12.1 Å². The Hall–Kier alpha value is -1.13. The molecule has 1 aromatic rings. The van der Waals surface area contributed by atoms with E-state index in [4.69, 9.17) is 10.5 Å². The number of ether oxygens (including phenoxy) is 1. The van der Waals surface area contributed by atoms with Crippen molar-refractivity contribution in [3.63, 3.8) is 0 Å². The van der Waals surface area contributed by atoms with Gasteiger partial charge in [0.2, 0.25) is 0 Å². The van der Waals surface area contributed by atoms with E-state index in [0.717, 1.165) is 43.7 Å². The van der Waals surface area contributed by atoms with Crippen molar-refractivity contribution in [1.29, 1.82) is 0 Å². The van der Waals surface area contributed by atoms with E-state index in [0.29, 0.717) is 12.6 Å². The van der Waals surface area contributed by atoms with E-state index in [2.05, 4.69) is 18.7 Å². The lowest BCUT2D eigenvalue weighted by Gasteiger charge is -2.31. The van der Waals surface area contributed by atoms with Crippen molar-refractivity contribution in [2.45, 2.75) is 45.3 Å². The van der Waals surface area contributed by atoms with Crippen LogP contribution in [-0.4, -0.2) is 36.7 Å². The van der Waals surface area contributed by atoms with Crippen LogP contribution in [0.25, 0.3) is 0 Å². The summed E-state index contributed by atoms with van der Waals surface area (Å²) in [5.41, 5.74) is 6.70. The van der Waals surface area contributed by atoms with Crippen LogP contribution in [0.2, 0.25) is 0 Å². The van der Waals surface area contributed by atoms with E-state index in [-0.39, 0.29) is 11.9 Å². The van der Waals surface area contributed by atoms with Gasteiger partial charge in [0.1, 0.15) is 17.7 Å². The molecule has 0 aliphatic carbocycles. The second kappa shape index (κ2) is 7.04. The Morgan fingerprint density at radius 3 is 2.80 bits per heavy atom. The fraction of sp³-hybridized carbons (Fsp3) is 0.625. The smallest absolute Gasteiger partial charge is 0.123 e. The molecule has 1 heterocycles. The van der Waals surface area contributed by atoms with Crippen molar-refractivity contribution in [1.82, 2.24) is 4.90 Å². The van der Waals surface area contributed by atoms with Gasteiger partial charge in [-0.15, -0.1) is 0 Å². The molecule has 112 valence electrons. The minimum atomic E-state index is -0.188. The van der Waals surface area contributed by atoms with Gasteiger partial charge < -0.3 is 10.5 Å². The van der Waals surface area contributed by atoms with Crippen LogP contribution in [0.5, 0.6) is 5.75 Å². The molecule has 1 aliphatic rings. The lowest BCUT2D eigenvalue weighted by Crippen LogP contribution is -2.44. The molecule has 1 unspecified atom stereocenters. The highest BCUT2D eigenvalue weighted by molar-refractivity contribution is 5.37. The number of hydrogen-bond acceptors (Lipinski definition) is 3. The highest BCUT2D eigenvalue weighted by atomic mass is 19.1. The van der Waals surface area contributed by atoms with Gasteiger partial charge in [-0.1, -0.05) is 13.8 Å². The van der Waals surface area contributed by atoms with Crippen LogP contribution < -0.4 is 10.5 Å². The van der Waals surface area contributed by atoms with Gasteiger partial charge in [0, 0.05) is 37.7 Å². The molecule has 0 amide bonds. The van der Waals surface area contributed by atoms with Crippen LogP contribution in [0.3, 0.4) is 0 Å². The molecule has 4 heteroatoms. The van der Waals surface area contributed by atoms with E-state index in [1.807, 2.05) is 0 Å². The molecular weight excluding hydrogens is 255 g/mol. The topological polar surface area (TPSA) is 38.5 Å². The van der Waals surface area contributed by atoms with Crippen LogP contribution >= 0.6 is 0 Å². The Morgan fingerprint density at radius 1 is 1.40 bits per heavy atom. The van der Waals surface area contributed by atoms with Gasteiger partial charge in [-0.3, -0.25) is 4.90 Å². The molecule has 1 aromatic carbocycles. The Bertz CT molecular complexity index is 434. The molecule has 2 rings (SSSR count). The summed E-state index contributed by atoms with van der Waals surface area (Å²) >= 11 is 0. The average Bonchev–Trinajstić information content (AvgIpc) is 2.81. The molecule has 0 aromatic heterocycles. The average molecular weight is 280 g/mol. The van der Waals surface area contributed by atoms with Gasteiger partial charge in [0.05, 0.1) is 0 Å². The van der Waals surface area contributed by atoms with Crippen molar-refractivity contribution >= 4 is 0 Å². The summed E-state index contributed by atoms with van der Waals surface area (Å²) < 4.78 is 19.2. The SMILES string of the molecule is CCC(CC)N(CCN)CC1Cc2cc(F)ccc2O1. The second-order valence-electron chi connectivity index (χ2n) is 5.45. The fourth-order valence-electron chi connectivity index (χ4n) is 3.05. The van der Waals surface area contributed by atoms with E-state index < -0.39 is 0 Å². The Balaban J connectivity index is 1.99. The maximum Gasteiger partial charge on any atom is 0.123 e. The summed E-state index contributed by atoms with van der Waals surface area (Å²) in [5.74, 6) is 0.639. The van der Waals surface area contributed by atoms with Crippen LogP contribution in [0.4, 0.5) is 4.39 Å².